The van der Waals surface area contributed by atoms with Gasteiger partial charge in [-0.15, -0.1) is 0 Å². The van der Waals surface area contributed by atoms with Crippen LogP contribution in [0.1, 0.15) is 126 Å². The lowest BCUT2D eigenvalue weighted by Gasteiger charge is -2.40. The number of amides is 5. The molecule has 0 aromatic rings. The number of piperazine rings is 1. The highest BCUT2D eigenvalue weighted by molar-refractivity contribution is 6.03. The number of nitrogens with two attached hydrogens (primary N) is 1. The van der Waals surface area contributed by atoms with Gasteiger partial charge in [-0.2, -0.15) is 0 Å². The second kappa shape index (κ2) is 13.6. The molecule has 8 atom stereocenters. The Morgan fingerprint density at radius 3 is 2.11 bits per heavy atom. The van der Waals surface area contributed by atoms with Crippen molar-refractivity contribution in [2.75, 3.05) is 19.6 Å². The van der Waals surface area contributed by atoms with E-state index in [-0.39, 0.29) is 63.7 Å². The van der Waals surface area contributed by atoms with Gasteiger partial charge in [0.1, 0.15) is 18.1 Å². The van der Waals surface area contributed by atoms with Crippen LogP contribution in [0.15, 0.2) is 11.3 Å². The van der Waals surface area contributed by atoms with Gasteiger partial charge in [0.25, 0.3) is 0 Å². The summed E-state index contributed by atoms with van der Waals surface area (Å²) in [5.74, 6) is -0.663. The van der Waals surface area contributed by atoms with Crippen LogP contribution in [0.5, 0.6) is 0 Å². The zero-order valence-electron chi connectivity index (χ0n) is 33.2. The van der Waals surface area contributed by atoms with E-state index in [2.05, 4.69) is 49.0 Å². The summed E-state index contributed by atoms with van der Waals surface area (Å²) in [4.78, 5) is 74.4. The fraction of sp³-hybridized carbons (Fsp3) is 0.829. The van der Waals surface area contributed by atoms with Crippen molar-refractivity contribution < 1.29 is 24.0 Å². The van der Waals surface area contributed by atoms with E-state index in [0.29, 0.717) is 38.2 Å². The Kier molecular flexibility index (Phi) is 9.75. The van der Waals surface area contributed by atoms with Gasteiger partial charge in [0, 0.05) is 37.1 Å². The predicted molar refractivity (Wildman–Crippen MR) is 202 cm³/mol. The van der Waals surface area contributed by atoms with Gasteiger partial charge in [-0.3, -0.25) is 19.2 Å². The molecule has 0 bridgehead atoms. The van der Waals surface area contributed by atoms with E-state index in [1.165, 1.54) is 0 Å². The van der Waals surface area contributed by atoms with Gasteiger partial charge >= 0.3 is 6.03 Å². The lowest BCUT2D eigenvalue weighted by atomic mass is 9.69. The van der Waals surface area contributed by atoms with Crippen molar-refractivity contribution in [3.8, 4) is 0 Å². The molecular formula is C41H65N7O5. The molecule has 2 aliphatic heterocycles. The number of carbonyl (C=O) groups is 5. The highest BCUT2D eigenvalue weighted by Gasteiger charge is 2.85. The number of ketones is 1. The summed E-state index contributed by atoms with van der Waals surface area (Å²) < 4.78 is 0. The topological polar surface area (TPSA) is 166 Å². The maximum Gasteiger partial charge on any atom is 0.316 e. The molecule has 5 unspecified atom stereocenters. The van der Waals surface area contributed by atoms with Gasteiger partial charge in [0.05, 0.1) is 11.7 Å². The normalized spacial score (nSPS) is 34.5. The molecule has 0 aromatic heterocycles. The van der Waals surface area contributed by atoms with Crippen molar-refractivity contribution in [3.05, 3.63) is 11.3 Å². The summed E-state index contributed by atoms with van der Waals surface area (Å²) in [5, 5.41) is 12.7. The van der Waals surface area contributed by atoms with E-state index >= 15 is 0 Å². The van der Waals surface area contributed by atoms with E-state index in [1.807, 2.05) is 25.7 Å². The minimum absolute atomic E-state index is 0.0240. The Morgan fingerprint density at radius 2 is 1.57 bits per heavy atom. The Labute approximate surface area is 315 Å². The Balaban J connectivity index is 1.12. The second-order valence-corrected chi connectivity index (χ2v) is 19.7. The molecule has 5 aliphatic carbocycles. The third-order valence-corrected chi connectivity index (χ3v) is 15.3. The molecule has 0 aromatic carbocycles. The van der Waals surface area contributed by atoms with Crippen LogP contribution < -0.4 is 27.0 Å². The Hall–Kier alpha value is -3.15. The average molecular weight is 736 g/mol. The fourth-order valence-electron chi connectivity index (χ4n) is 12.0. The molecule has 2 saturated heterocycles. The molecule has 294 valence electrons. The molecular weight excluding hydrogens is 670 g/mol. The molecule has 53 heavy (non-hydrogen) atoms. The highest BCUT2D eigenvalue weighted by Crippen LogP contribution is 2.88. The number of nitrogens with zero attached hydrogens (tertiary/aromatic N) is 2. The molecule has 0 radical (unpaired) electrons. The molecule has 6 N–H and O–H groups in total. The summed E-state index contributed by atoms with van der Waals surface area (Å²) in [6.07, 6.45) is 11.1. The van der Waals surface area contributed by atoms with Gasteiger partial charge in [-0.1, -0.05) is 60.3 Å². The van der Waals surface area contributed by atoms with Gasteiger partial charge in [-0.25, -0.2) is 4.79 Å². The molecule has 2 heterocycles. The monoisotopic (exact) mass is 736 g/mol. The number of hydrogen-bond acceptors (Lipinski definition) is 7. The third-order valence-electron chi connectivity index (χ3n) is 15.3. The van der Waals surface area contributed by atoms with Crippen LogP contribution in [-0.4, -0.2) is 95.2 Å². The number of likely N-dealkylation sites (tertiary alicyclic amines) is 1. The zero-order valence-corrected chi connectivity index (χ0v) is 33.2. The van der Waals surface area contributed by atoms with Crippen LogP contribution in [0, 0.1) is 33.5 Å². The number of hydrogen-bond donors (Lipinski definition) is 5. The van der Waals surface area contributed by atoms with Crippen molar-refractivity contribution in [2.45, 2.75) is 162 Å². The number of Topliss-reactive ketones (excluding diaryl/α,β-unsaturated/α-hetero) is 1. The van der Waals surface area contributed by atoms with Crippen molar-refractivity contribution in [1.29, 1.82) is 0 Å². The number of fused-ring (bicyclic) bond motifs is 2. The van der Waals surface area contributed by atoms with Gasteiger partial charge < -0.3 is 36.8 Å². The van der Waals surface area contributed by atoms with Crippen LogP contribution in [0.4, 0.5) is 4.79 Å². The van der Waals surface area contributed by atoms with Crippen molar-refractivity contribution in [1.82, 2.24) is 31.1 Å². The van der Waals surface area contributed by atoms with E-state index in [4.69, 9.17) is 5.73 Å². The molecule has 7 aliphatic rings. The first-order valence-electron chi connectivity index (χ1n) is 20.7. The Bertz CT molecular complexity index is 1550. The van der Waals surface area contributed by atoms with Crippen LogP contribution in [-0.2, 0) is 19.2 Å². The van der Waals surface area contributed by atoms with Crippen molar-refractivity contribution in [2.24, 2.45) is 39.2 Å². The molecule has 2 spiro atoms. The largest absolute Gasteiger partial charge is 0.396 e. The summed E-state index contributed by atoms with van der Waals surface area (Å²) >= 11 is 0. The molecule has 12 nitrogen and oxygen atoms in total. The predicted octanol–water partition coefficient (Wildman–Crippen LogP) is 3.74. The molecule has 4 saturated carbocycles. The lowest BCUT2D eigenvalue weighted by molar-refractivity contribution is -0.142. The number of nitrogens with one attached hydrogen (secondary N) is 4. The van der Waals surface area contributed by atoms with Crippen LogP contribution in [0.2, 0.25) is 0 Å². The number of allylic oxidation sites excluding steroid dienone is 1. The van der Waals surface area contributed by atoms with Crippen molar-refractivity contribution in [3.63, 3.8) is 0 Å². The van der Waals surface area contributed by atoms with E-state index in [0.717, 1.165) is 69.8 Å². The summed E-state index contributed by atoms with van der Waals surface area (Å²) in [7, 11) is 0. The van der Waals surface area contributed by atoms with Crippen LogP contribution in [0.3, 0.4) is 0 Å². The minimum atomic E-state index is -0.957. The van der Waals surface area contributed by atoms with E-state index in [1.54, 1.807) is 4.90 Å². The molecule has 7 rings (SSSR count). The number of rotatable bonds is 7. The van der Waals surface area contributed by atoms with Crippen LogP contribution in [0.25, 0.3) is 0 Å². The smallest absolute Gasteiger partial charge is 0.316 e. The first kappa shape index (κ1) is 38.1. The first-order chi connectivity index (χ1) is 24.9. The van der Waals surface area contributed by atoms with Gasteiger partial charge in [-0.05, 0) is 98.9 Å². The second-order valence-electron chi connectivity index (χ2n) is 19.7. The lowest BCUT2D eigenvalue weighted by Crippen LogP contribution is -2.64. The number of urea groups is 1. The maximum atomic E-state index is 15.0. The van der Waals surface area contributed by atoms with Gasteiger partial charge in [0.2, 0.25) is 23.5 Å². The molecule has 6 fully saturated rings. The minimum Gasteiger partial charge on any atom is -0.396 e. The summed E-state index contributed by atoms with van der Waals surface area (Å²) in [5.41, 5.74) is 6.66. The summed E-state index contributed by atoms with van der Waals surface area (Å²) in [6, 6.07) is -3.36. The molecule has 5 amide bonds. The SMILES string of the molecule is C[C@@H]1CN(C(=O)C(NC(=O)N[C@@H](C(=O)N2CC3(CC2C(=O)NC2CC4CCC4=C(N)C2=O)C(C)(C)C32CCC2)C(C)(C)C)C2CCCCC2)C[C@H](C)N1. The molecule has 12 heteroatoms. The quantitative estimate of drug-likeness (QED) is 0.266. The van der Waals surface area contributed by atoms with Gasteiger partial charge in [0.15, 0.2) is 0 Å². The zero-order chi connectivity index (χ0) is 38.2. The summed E-state index contributed by atoms with van der Waals surface area (Å²) in [6.45, 7) is 16.0. The number of carbonyl (C=O) groups excluding carboxylic acids is 5. The van der Waals surface area contributed by atoms with E-state index in [9.17, 15) is 24.0 Å². The van der Waals surface area contributed by atoms with Crippen molar-refractivity contribution >= 4 is 29.5 Å². The first-order valence-corrected chi connectivity index (χ1v) is 20.7. The van der Waals surface area contributed by atoms with E-state index < -0.39 is 35.6 Å². The Morgan fingerprint density at radius 1 is 0.906 bits per heavy atom. The van der Waals surface area contributed by atoms with Crippen LogP contribution >= 0.6 is 0 Å². The maximum absolute atomic E-state index is 15.0. The third kappa shape index (κ3) is 6.26. The standard InChI is InChI=1S/C41H65N7O5/c1-23-20-47(21-24(2)43-23)35(51)31(25-12-9-8-10-13-25)45-37(53)46-33(38(3,4)5)36(52)48-22-41(39(6,7)40(41)16-11-17-40)19-29(48)34(50)44-28-18-26-14-15-27(26)30(42)32(28)49/h23-26,28-29,31,33,43H,8-22,42H2,1-7H3,(H,44,50)(H2,45,46,53)/t23-,24+,26?,28?,29?,31?,33-,41?/m0/s1. The average Bonchev–Trinajstić information content (AvgIpc) is 3.27. The highest BCUT2D eigenvalue weighted by atomic mass is 16.2. The fourth-order valence-corrected chi connectivity index (χ4v) is 12.0.